The van der Waals surface area contributed by atoms with Crippen molar-refractivity contribution in [3.05, 3.63) is 53.6 Å². The van der Waals surface area contributed by atoms with E-state index in [9.17, 15) is 8.78 Å². The topological polar surface area (TPSA) is 69.6 Å². The first kappa shape index (κ1) is 13.2. The van der Waals surface area contributed by atoms with Gasteiger partial charge >= 0.3 is 0 Å². The molecule has 3 aromatic rings. The number of aromatic nitrogens is 4. The predicted octanol–water partition coefficient (Wildman–Crippen LogP) is 2.50. The van der Waals surface area contributed by atoms with Gasteiger partial charge < -0.3 is 5.73 Å². The minimum Gasteiger partial charge on any atom is -0.396 e. The Morgan fingerprint density at radius 2 is 1.90 bits per heavy atom. The molecule has 7 heteroatoms. The van der Waals surface area contributed by atoms with Crippen LogP contribution in [-0.4, -0.2) is 20.2 Å². The highest BCUT2D eigenvalue weighted by Crippen LogP contribution is 2.23. The van der Waals surface area contributed by atoms with E-state index in [1.54, 1.807) is 19.1 Å². The summed E-state index contributed by atoms with van der Waals surface area (Å²) < 4.78 is 28.4. The molecule has 0 bridgehead atoms. The smallest absolute Gasteiger partial charge is 0.187 e. The Hall–Kier alpha value is -2.83. The van der Waals surface area contributed by atoms with E-state index >= 15 is 0 Å². The Labute approximate surface area is 119 Å². The van der Waals surface area contributed by atoms with Gasteiger partial charge in [0.1, 0.15) is 11.6 Å². The van der Waals surface area contributed by atoms with Crippen LogP contribution in [0.1, 0.15) is 5.56 Å². The van der Waals surface area contributed by atoms with E-state index < -0.39 is 11.6 Å². The van der Waals surface area contributed by atoms with E-state index in [0.29, 0.717) is 17.1 Å². The number of nitrogen functional groups attached to an aromatic ring is 1. The quantitative estimate of drug-likeness (QED) is 0.735. The Bertz CT molecular complexity index is 793. The lowest BCUT2D eigenvalue weighted by molar-refractivity contribution is 0.623. The SMILES string of the molecule is Cc1cc(F)cc(-n2nnnc2-c2ccc(N)c(F)c2)c1. The van der Waals surface area contributed by atoms with Crippen LogP contribution in [0.2, 0.25) is 0 Å². The summed E-state index contributed by atoms with van der Waals surface area (Å²) in [5.74, 6) is -0.647. The van der Waals surface area contributed by atoms with Crippen molar-refractivity contribution in [1.82, 2.24) is 20.2 Å². The third kappa shape index (κ3) is 2.45. The lowest BCUT2D eigenvalue weighted by atomic mass is 10.1. The molecule has 21 heavy (non-hydrogen) atoms. The molecule has 0 atom stereocenters. The second kappa shape index (κ2) is 4.93. The highest BCUT2D eigenvalue weighted by molar-refractivity contribution is 5.61. The fourth-order valence-electron chi connectivity index (χ4n) is 2.05. The lowest BCUT2D eigenvalue weighted by Gasteiger charge is -2.06. The molecule has 1 aromatic heterocycles. The van der Waals surface area contributed by atoms with E-state index in [1.807, 2.05) is 0 Å². The van der Waals surface area contributed by atoms with Crippen LogP contribution in [0.5, 0.6) is 0 Å². The monoisotopic (exact) mass is 287 g/mol. The van der Waals surface area contributed by atoms with Gasteiger partial charge in [-0.05, 0) is 59.3 Å². The van der Waals surface area contributed by atoms with Gasteiger partial charge in [0.25, 0.3) is 0 Å². The molecule has 5 nitrogen and oxygen atoms in total. The fourth-order valence-corrected chi connectivity index (χ4v) is 2.05. The van der Waals surface area contributed by atoms with Crippen LogP contribution in [0.4, 0.5) is 14.5 Å². The molecule has 106 valence electrons. The van der Waals surface area contributed by atoms with Gasteiger partial charge in [0.2, 0.25) is 0 Å². The maximum atomic E-state index is 13.6. The number of nitrogens with two attached hydrogens (primary N) is 1. The van der Waals surface area contributed by atoms with E-state index in [4.69, 9.17) is 5.73 Å². The van der Waals surface area contributed by atoms with Crippen LogP contribution in [0.25, 0.3) is 17.1 Å². The highest BCUT2D eigenvalue weighted by Gasteiger charge is 2.13. The Morgan fingerprint density at radius 3 is 2.62 bits per heavy atom. The zero-order valence-electron chi connectivity index (χ0n) is 11.1. The summed E-state index contributed by atoms with van der Waals surface area (Å²) >= 11 is 0. The Balaban J connectivity index is 2.14. The summed E-state index contributed by atoms with van der Waals surface area (Å²) in [6.45, 7) is 1.76. The van der Waals surface area contributed by atoms with Crippen LogP contribution in [-0.2, 0) is 0 Å². The Kier molecular flexibility index (Phi) is 3.09. The number of aryl methyl sites for hydroxylation is 1. The summed E-state index contributed by atoms with van der Waals surface area (Å²) in [6, 6.07) is 8.71. The van der Waals surface area contributed by atoms with Crippen LogP contribution >= 0.6 is 0 Å². The molecule has 0 aliphatic rings. The Morgan fingerprint density at radius 1 is 1.10 bits per heavy atom. The molecule has 0 aliphatic carbocycles. The van der Waals surface area contributed by atoms with Gasteiger partial charge in [0.15, 0.2) is 5.82 Å². The number of benzene rings is 2. The lowest BCUT2D eigenvalue weighted by Crippen LogP contribution is -2.01. The van der Waals surface area contributed by atoms with Crippen LogP contribution in [0.3, 0.4) is 0 Å². The molecular formula is C14H11F2N5. The third-order valence-electron chi connectivity index (χ3n) is 3.00. The van der Waals surface area contributed by atoms with Crippen molar-refractivity contribution in [2.24, 2.45) is 0 Å². The maximum absolute atomic E-state index is 13.6. The van der Waals surface area contributed by atoms with Crippen molar-refractivity contribution in [3.63, 3.8) is 0 Å². The van der Waals surface area contributed by atoms with Crippen molar-refractivity contribution >= 4 is 5.69 Å². The van der Waals surface area contributed by atoms with Crippen molar-refractivity contribution in [3.8, 4) is 17.1 Å². The van der Waals surface area contributed by atoms with E-state index in [2.05, 4.69) is 15.5 Å². The molecule has 0 spiro atoms. The van der Waals surface area contributed by atoms with Gasteiger partial charge in [0, 0.05) is 5.56 Å². The van der Waals surface area contributed by atoms with Crippen molar-refractivity contribution in [2.45, 2.75) is 6.92 Å². The summed E-state index contributed by atoms with van der Waals surface area (Å²) in [5, 5.41) is 11.3. The van der Waals surface area contributed by atoms with Gasteiger partial charge in [-0.3, -0.25) is 0 Å². The van der Waals surface area contributed by atoms with Gasteiger partial charge in [-0.1, -0.05) is 0 Å². The number of halogens is 2. The maximum Gasteiger partial charge on any atom is 0.187 e. The van der Waals surface area contributed by atoms with Crippen molar-refractivity contribution in [1.29, 1.82) is 0 Å². The first-order valence-electron chi connectivity index (χ1n) is 6.16. The minimum atomic E-state index is -0.558. The highest BCUT2D eigenvalue weighted by atomic mass is 19.1. The molecule has 1 heterocycles. The number of anilines is 1. The molecule has 2 N–H and O–H groups in total. The number of hydrogen-bond donors (Lipinski definition) is 1. The molecule has 0 aliphatic heterocycles. The first-order chi connectivity index (χ1) is 10.0. The molecule has 0 amide bonds. The molecule has 0 saturated carbocycles. The van der Waals surface area contributed by atoms with Gasteiger partial charge in [0.05, 0.1) is 11.4 Å². The zero-order valence-corrected chi connectivity index (χ0v) is 11.1. The van der Waals surface area contributed by atoms with E-state index in [-0.39, 0.29) is 5.69 Å². The predicted molar refractivity (Wildman–Crippen MR) is 73.7 cm³/mol. The number of nitrogens with zero attached hydrogens (tertiary/aromatic N) is 4. The zero-order chi connectivity index (χ0) is 15.0. The molecular weight excluding hydrogens is 276 g/mol. The normalized spacial score (nSPS) is 10.8. The average molecular weight is 287 g/mol. The third-order valence-corrected chi connectivity index (χ3v) is 3.00. The standard InChI is InChI=1S/C14H11F2N5/c1-8-4-10(15)7-11(5-8)21-14(18-19-20-21)9-2-3-13(17)12(16)6-9/h2-7H,17H2,1H3. The fraction of sp³-hybridized carbons (Fsp3) is 0.0714. The molecule has 0 radical (unpaired) electrons. The molecule has 3 rings (SSSR count). The van der Waals surface area contributed by atoms with Crippen molar-refractivity contribution < 1.29 is 8.78 Å². The van der Waals surface area contributed by atoms with Gasteiger partial charge in [-0.25, -0.2) is 8.78 Å². The second-order valence-corrected chi connectivity index (χ2v) is 4.64. The largest absolute Gasteiger partial charge is 0.396 e. The summed E-state index contributed by atoms with van der Waals surface area (Å²) in [7, 11) is 0. The van der Waals surface area contributed by atoms with Gasteiger partial charge in [-0.2, -0.15) is 4.68 Å². The summed E-state index contributed by atoms with van der Waals surface area (Å²) in [6.07, 6.45) is 0. The molecule has 0 saturated heterocycles. The van der Waals surface area contributed by atoms with Crippen LogP contribution < -0.4 is 5.73 Å². The first-order valence-corrected chi connectivity index (χ1v) is 6.16. The summed E-state index contributed by atoms with van der Waals surface area (Å²) in [4.78, 5) is 0. The van der Waals surface area contributed by atoms with E-state index in [0.717, 1.165) is 5.56 Å². The summed E-state index contributed by atoms with van der Waals surface area (Å²) in [5.41, 5.74) is 7.14. The molecule has 0 unspecified atom stereocenters. The van der Waals surface area contributed by atoms with E-state index in [1.165, 1.54) is 28.9 Å². The molecule has 0 fully saturated rings. The number of rotatable bonds is 2. The number of tetrazole rings is 1. The van der Waals surface area contributed by atoms with Crippen molar-refractivity contribution in [2.75, 3.05) is 5.73 Å². The van der Waals surface area contributed by atoms with Gasteiger partial charge in [-0.15, -0.1) is 5.10 Å². The van der Waals surface area contributed by atoms with Crippen LogP contribution in [0.15, 0.2) is 36.4 Å². The minimum absolute atomic E-state index is 0.0411. The average Bonchev–Trinajstić information content (AvgIpc) is 2.90. The second-order valence-electron chi connectivity index (χ2n) is 4.64. The van der Waals surface area contributed by atoms with Crippen LogP contribution in [0, 0.1) is 18.6 Å². The molecule has 2 aromatic carbocycles. The number of hydrogen-bond acceptors (Lipinski definition) is 4.